The molecular weight excluding hydrogens is 464 g/mol. The number of ether oxygens (including phenoxy) is 1. The molecule has 3 aromatic rings. The Kier molecular flexibility index (Phi) is 7.71. The Labute approximate surface area is 219 Å². The van der Waals surface area contributed by atoms with Crippen LogP contribution >= 0.6 is 0 Å². The smallest absolute Gasteiger partial charge is 0.410 e. The van der Waals surface area contributed by atoms with Crippen LogP contribution in [0.3, 0.4) is 0 Å². The fourth-order valence-electron chi connectivity index (χ4n) is 4.89. The van der Waals surface area contributed by atoms with Crippen molar-refractivity contribution in [2.75, 3.05) is 13.1 Å². The summed E-state index contributed by atoms with van der Waals surface area (Å²) >= 11 is 0. The molecule has 0 saturated carbocycles. The van der Waals surface area contributed by atoms with Crippen LogP contribution in [0, 0.1) is 20.8 Å². The first-order chi connectivity index (χ1) is 17.5. The normalized spacial score (nSPS) is 14.5. The van der Waals surface area contributed by atoms with Gasteiger partial charge in [-0.05, 0) is 71.1 Å². The second-order valence-corrected chi connectivity index (χ2v) is 11.0. The molecule has 7 nitrogen and oxygen atoms in total. The van der Waals surface area contributed by atoms with Gasteiger partial charge in [0.25, 0.3) is 5.91 Å². The maximum atomic E-state index is 13.4. The maximum absolute atomic E-state index is 13.4. The van der Waals surface area contributed by atoms with Gasteiger partial charge >= 0.3 is 6.09 Å². The average molecular weight is 503 g/mol. The van der Waals surface area contributed by atoms with Crippen LogP contribution in [0.1, 0.15) is 77.8 Å². The van der Waals surface area contributed by atoms with Crippen LogP contribution in [0.5, 0.6) is 0 Å². The van der Waals surface area contributed by atoms with Crippen molar-refractivity contribution in [1.29, 1.82) is 0 Å². The number of nitrogens with zero attached hydrogens (tertiary/aromatic N) is 3. The highest BCUT2D eigenvalue weighted by Gasteiger charge is 2.32. The molecule has 7 heteroatoms. The highest BCUT2D eigenvalue weighted by Crippen LogP contribution is 2.34. The zero-order valence-corrected chi connectivity index (χ0v) is 22.8. The third-order valence-electron chi connectivity index (χ3n) is 6.81. The molecule has 2 heterocycles. The summed E-state index contributed by atoms with van der Waals surface area (Å²) < 4.78 is 7.52. The predicted octanol–water partition coefficient (Wildman–Crippen LogP) is 5.84. The number of benzene rings is 2. The predicted molar refractivity (Wildman–Crippen MR) is 145 cm³/mol. The van der Waals surface area contributed by atoms with Crippen LogP contribution in [0.15, 0.2) is 48.7 Å². The Hall–Kier alpha value is -3.61. The summed E-state index contributed by atoms with van der Waals surface area (Å²) in [5.41, 5.74) is 6.40. The summed E-state index contributed by atoms with van der Waals surface area (Å²) in [5, 5.41) is 7.81. The number of rotatable bonds is 5. The van der Waals surface area contributed by atoms with Crippen molar-refractivity contribution in [1.82, 2.24) is 20.0 Å². The van der Waals surface area contributed by atoms with Crippen LogP contribution in [-0.4, -0.2) is 45.4 Å². The van der Waals surface area contributed by atoms with E-state index in [0.717, 1.165) is 40.9 Å². The summed E-state index contributed by atoms with van der Waals surface area (Å²) in [5.74, 6) is -0.0528. The van der Waals surface area contributed by atoms with E-state index in [1.165, 1.54) is 5.56 Å². The molecule has 0 spiro atoms. The van der Waals surface area contributed by atoms with Crippen LogP contribution in [0.2, 0.25) is 0 Å². The number of aryl methyl sites for hydroxylation is 3. The number of piperidine rings is 1. The Balaban J connectivity index is 1.61. The number of amides is 2. The van der Waals surface area contributed by atoms with Crippen molar-refractivity contribution in [3.05, 3.63) is 82.2 Å². The van der Waals surface area contributed by atoms with E-state index in [4.69, 9.17) is 9.84 Å². The number of para-hydroxylation sites is 1. The Morgan fingerprint density at radius 1 is 1.00 bits per heavy atom. The Morgan fingerprint density at radius 3 is 2.22 bits per heavy atom. The number of likely N-dealkylation sites (tertiary alicyclic amines) is 1. The molecule has 0 bridgehead atoms. The van der Waals surface area contributed by atoms with E-state index in [0.29, 0.717) is 25.2 Å². The minimum absolute atomic E-state index is 0.0836. The molecule has 0 radical (unpaired) electrons. The zero-order chi connectivity index (χ0) is 26.7. The van der Waals surface area contributed by atoms with Gasteiger partial charge in [0.2, 0.25) is 0 Å². The van der Waals surface area contributed by atoms with Crippen LogP contribution in [0.25, 0.3) is 5.69 Å². The lowest BCUT2D eigenvalue weighted by atomic mass is 9.90. The van der Waals surface area contributed by atoms with Gasteiger partial charge in [0.1, 0.15) is 5.60 Å². The topological polar surface area (TPSA) is 76.5 Å². The lowest BCUT2D eigenvalue weighted by molar-refractivity contribution is 0.0203. The molecule has 1 aromatic heterocycles. The molecule has 1 aliphatic heterocycles. The molecule has 1 saturated heterocycles. The fourth-order valence-corrected chi connectivity index (χ4v) is 4.89. The van der Waals surface area contributed by atoms with Crippen molar-refractivity contribution in [3.8, 4) is 5.69 Å². The van der Waals surface area contributed by atoms with Crippen LogP contribution in [0.4, 0.5) is 4.79 Å². The highest BCUT2D eigenvalue weighted by molar-refractivity contribution is 5.95. The quantitative estimate of drug-likeness (QED) is 0.475. The van der Waals surface area contributed by atoms with Gasteiger partial charge in [-0.25, -0.2) is 9.48 Å². The molecule has 196 valence electrons. The summed E-state index contributed by atoms with van der Waals surface area (Å²) in [6, 6.07) is 14.3. The Morgan fingerprint density at radius 2 is 1.62 bits per heavy atom. The van der Waals surface area contributed by atoms with E-state index in [9.17, 15) is 9.59 Å². The monoisotopic (exact) mass is 502 g/mol. The number of carbonyl (C=O) groups excluding carboxylic acids is 2. The van der Waals surface area contributed by atoms with Crippen molar-refractivity contribution in [2.45, 2.75) is 72.4 Å². The molecule has 0 atom stereocenters. The van der Waals surface area contributed by atoms with Gasteiger partial charge < -0.3 is 15.0 Å². The largest absolute Gasteiger partial charge is 0.444 e. The summed E-state index contributed by atoms with van der Waals surface area (Å²) in [6.07, 6.45) is 2.86. The lowest BCUT2D eigenvalue weighted by Gasteiger charge is -2.34. The third kappa shape index (κ3) is 6.21. The van der Waals surface area contributed by atoms with E-state index >= 15 is 0 Å². The second kappa shape index (κ2) is 10.8. The van der Waals surface area contributed by atoms with E-state index in [1.54, 1.807) is 11.1 Å². The van der Waals surface area contributed by atoms with E-state index < -0.39 is 5.60 Å². The van der Waals surface area contributed by atoms with Gasteiger partial charge in [-0.3, -0.25) is 4.79 Å². The first-order valence-corrected chi connectivity index (χ1v) is 13.0. The van der Waals surface area contributed by atoms with Crippen LogP contribution in [-0.2, 0) is 11.3 Å². The lowest BCUT2D eigenvalue weighted by Crippen LogP contribution is -2.41. The van der Waals surface area contributed by atoms with E-state index in [1.807, 2.05) is 62.7 Å². The molecule has 2 aromatic carbocycles. The first-order valence-electron chi connectivity index (χ1n) is 13.0. The average Bonchev–Trinajstić information content (AvgIpc) is 3.27. The minimum atomic E-state index is -0.530. The molecule has 0 unspecified atom stereocenters. The molecular formula is C30H38N4O3. The SMILES string of the molecule is Cc1ccc(CNC(=O)c2cnn(-c3c(C)cccc3C)c2C2CCN(C(=O)OC(C)(C)C)CC2)cc1. The maximum Gasteiger partial charge on any atom is 0.410 e. The van der Waals surface area contributed by atoms with Crippen LogP contribution < -0.4 is 5.32 Å². The van der Waals surface area contributed by atoms with Crippen molar-refractivity contribution >= 4 is 12.0 Å². The van der Waals surface area contributed by atoms with Crippen molar-refractivity contribution in [3.63, 3.8) is 0 Å². The van der Waals surface area contributed by atoms with Gasteiger partial charge in [0.05, 0.1) is 23.1 Å². The molecule has 37 heavy (non-hydrogen) atoms. The van der Waals surface area contributed by atoms with E-state index in [2.05, 4.69) is 31.3 Å². The molecule has 0 aliphatic carbocycles. The van der Waals surface area contributed by atoms with Gasteiger partial charge in [-0.2, -0.15) is 5.10 Å². The number of hydrogen-bond donors (Lipinski definition) is 1. The number of hydrogen-bond acceptors (Lipinski definition) is 4. The molecule has 1 fully saturated rings. The summed E-state index contributed by atoms with van der Waals surface area (Å²) in [6.45, 7) is 13.4. The summed E-state index contributed by atoms with van der Waals surface area (Å²) in [7, 11) is 0. The molecule has 4 rings (SSSR count). The van der Waals surface area contributed by atoms with Crippen molar-refractivity contribution in [2.24, 2.45) is 0 Å². The molecule has 1 N–H and O–H groups in total. The van der Waals surface area contributed by atoms with Gasteiger partial charge in [-0.1, -0.05) is 48.0 Å². The van der Waals surface area contributed by atoms with Gasteiger partial charge in [0, 0.05) is 25.6 Å². The summed E-state index contributed by atoms with van der Waals surface area (Å²) in [4.78, 5) is 27.8. The standard InChI is InChI=1S/C30H38N4O3/c1-20-10-12-23(13-11-20)18-31-28(35)25-19-32-34(26-21(2)8-7-9-22(26)3)27(25)24-14-16-33(17-15-24)29(36)37-30(4,5)6/h7-13,19,24H,14-18H2,1-6H3,(H,31,35). The third-order valence-corrected chi connectivity index (χ3v) is 6.81. The highest BCUT2D eigenvalue weighted by atomic mass is 16.6. The zero-order valence-electron chi connectivity index (χ0n) is 22.8. The minimum Gasteiger partial charge on any atom is -0.444 e. The molecule has 2 amide bonds. The first kappa shape index (κ1) is 26.5. The second-order valence-electron chi connectivity index (χ2n) is 11.0. The van der Waals surface area contributed by atoms with Gasteiger partial charge in [0.15, 0.2) is 0 Å². The fraction of sp³-hybridized carbons (Fsp3) is 0.433. The Bertz CT molecular complexity index is 1240. The number of nitrogens with one attached hydrogen (secondary N) is 1. The van der Waals surface area contributed by atoms with E-state index in [-0.39, 0.29) is 17.9 Å². The van der Waals surface area contributed by atoms with Gasteiger partial charge in [-0.15, -0.1) is 0 Å². The number of aromatic nitrogens is 2. The molecule has 1 aliphatic rings. The number of carbonyl (C=O) groups is 2. The van der Waals surface area contributed by atoms with Crippen molar-refractivity contribution < 1.29 is 14.3 Å².